The number of para-hydroxylation sites is 3. The van der Waals surface area contributed by atoms with Crippen LogP contribution in [0.25, 0.3) is 0 Å². The summed E-state index contributed by atoms with van der Waals surface area (Å²) in [5.41, 5.74) is 2.27. The number of carbonyl (C=O) groups excluding carboxylic acids is 1. The molecule has 0 fully saturated rings. The maximum Gasteiger partial charge on any atom is 0.437 e. The van der Waals surface area contributed by atoms with Crippen LogP contribution >= 0.6 is 0 Å². The van der Waals surface area contributed by atoms with E-state index in [1.165, 1.54) is 12.1 Å². The van der Waals surface area contributed by atoms with Crippen LogP contribution in [0, 0.1) is 29.4 Å². The summed E-state index contributed by atoms with van der Waals surface area (Å²) in [6.07, 6.45) is -0.727. The van der Waals surface area contributed by atoms with Crippen LogP contribution < -0.4 is 10.1 Å². The van der Waals surface area contributed by atoms with Gasteiger partial charge in [-0.3, -0.25) is 20.3 Å². The monoisotopic (exact) mass is 399 g/mol. The second-order valence-corrected chi connectivity index (χ2v) is 7.57. The number of benzene rings is 2. The van der Waals surface area contributed by atoms with Gasteiger partial charge in [-0.25, -0.2) is 4.79 Å². The van der Waals surface area contributed by atoms with E-state index in [1.54, 1.807) is 12.1 Å². The number of oxime groups is 1. The highest BCUT2D eigenvalue weighted by molar-refractivity contribution is 5.92. The lowest BCUT2D eigenvalue weighted by Gasteiger charge is -2.20. The molecule has 0 bridgehead atoms. The minimum absolute atomic E-state index is 0.0645. The molecule has 0 aliphatic heterocycles. The molecule has 154 valence electrons. The van der Waals surface area contributed by atoms with Gasteiger partial charge < -0.3 is 4.74 Å². The number of ether oxygens (including phenoxy) is 1. The average Bonchev–Trinajstić information content (AvgIpc) is 2.64. The summed E-state index contributed by atoms with van der Waals surface area (Å²) in [4.78, 5) is 27.8. The molecule has 0 aromatic heterocycles. The number of carbonyl (C=O) groups is 1. The third-order valence-corrected chi connectivity index (χ3v) is 4.24. The van der Waals surface area contributed by atoms with Crippen LogP contribution in [0.5, 0.6) is 5.75 Å². The summed E-state index contributed by atoms with van der Waals surface area (Å²) in [5, 5.41) is 17.8. The van der Waals surface area contributed by atoms with Crippen LogP contribution in [0.3, 0.4) is 0 Å². The van der Waals surface area contributed by atoms with Crippen LogP contribution in [0.1, 0.15) is 31.9 Å². The van der Waals surface area contributed by atoms with Gasteiger partial charge in [-0.15, -0.1) is 0 Å². The summed E-state index contributed by atoms with van der Waals surface area (Å²) in [6, 6.07) is 11.7. The van der Waals surface area contributed by atoms with E-state index in [0.29, 0.717) is 11.4 Å². The van der Waals surface area contributed by atoms with Crippen molar-refractivity contribution in [2.45, 2.75) is 34.6 Å². The molecule has 2 rings (SSSR count). The highest BCUT2D eigenvalue weighted by atomic mass is 16.7. The zero-order valence-electron chi connectivity index (χ0n) is 17.2. The first kappa shape index (κ1) is 21.9. The van der Waals surface area contributed by atoms with E-state index in [1.807, 2.05) is 52.8 Å². The number of nitro groups is 1. The molecule has 8 nitrogen and oxygen atoms in total. The summed E-state index contributed by atoms with van der Waals surface area (Å²) < 4.78 is 5.59. The molecule has 0 unspecified atom stereocenters. The van der Waals surface area contributed by atoms with Gasteiger partial charge in [0.25, 0.3) is 0 Å². The molecule has 0 radical (unpaired) electrons. The third-order valence-electron chi connectivity index (χ3n) is 4.24. The van der Waals surface area contributed by atoms with Crippen molar-refractivity contribution < 1.29 is 19.3 Å². The van der Waals surface area contributed by atoms with Gasteiger partial charge in [0, 0.05) is 17.2 Å². The highest BCUT2D eigenvalue weighted by Crippen LogP contribution is 2.27. The predicted octanol–water partition coefficient (Wildman–Crippen LogP) is 5.24. The number of nitro benzene ring substituents is 1. The topological polar surface area (TPSA) is 103 Å². The van der Waals surface area contributed by atoms with Crippen molar-refractivity contribution in [3.63, 3.8) is 0 Å². The Kier molecular flexibility index (Phi) is 6.93. The Morgan fingerprint density at radius 2 is 1.72 bits per heavy atom. The van der Waals surface area contributed by atoms with Crippen LogP contribution in [0.4, 0.5) is 16.2 Å². The highest BCUT2D eigenvalue weighted by Gasteiger charge is 2.23. The number of amides is 1. The molecule has 0 heterocycles. The quantitative estimate of drug-likeness (QED) is 0.310. The molecular formula is C21H25N3O5. The van der Waals surface area contributed by atoms with E-state index in [2.05, 4.69) is 10.5 Å². The number of hydrogen-bond donors (Lipinski definition) is 1. The van der Waals surface area contributed by atoms with Crippen molar-refractivity contribution in [3.05, 3.63) is 63.7 Å². The third kappa shape index (κ3) is 6.03. The number of rotatable bonds is 6. The number of hydrogen-bond acceptors (Lipinski definition) is 6. The fourth-order valence-corrected chi connectivity index (χ4v) is 2.49. The number of nitrogens with one attached hydrogen (secondary N) is 1. The van der Waals surface area contributed by atoms with Crippen LogP contribution in [-0.2, 0) is 4.84 Å². The fourth-order valence-electron chi connectivity index (χ4n) is 2.49. The van der Waals surface area contributed by atoms with Crippen molar-refractivity contribution in [2.75, 3.05) is 11.9 Å². The smallest absolute Gasteiger partial charge is 0.437 e. The van der Waals surface area contributed by atoms with Gasteiger partial charge in [0.05, 0.1) is 4.92 Å². The summed E-state index contributed by atoms with van der Waals surface area (Å²) in [6.45, 7) is 9.33. The second kappa shape index (κ2) is 9.18. The van der Waals surface area contributed by atoms with Crippen molar-refractivity contribution in [2.24, 2.45) is 10.6 Å². The van der Waals surface area contributed by atoms with E-state index in [0.717, 1.165) is 11.1 Å². The first-order valence-electron chi connectivity index (χ1n) is 9.07. The molecule has 0 aliphatic carbocycles. The van der Waals surface area contributed by atoms with E-state index < -0.39 is 16.4 Å². The van der Waals surface area contributed by atoms with Crippen LogP contribution in [0.15, 0.2) is 47.6 Å². The first-order chi connectivity index (χ1) is 13.6. The molecule has 2 aromatic carbocycles. The molecule has 1 N–H and O–H groups in total. The van der Waals surface area contributed by atoms with Gasteiger partial charge in [-0.05, 0) is 31.0 Å². The Hall–Kier alpha value is -3.42. The zero-order valence-corrected chi connectivity index (χ0v) is 17.2. The van der Waals surface area contributed by atoms with Crippen molar-refractivity contribution in [1.29, 1.82) is 0 Å². The summed E-state index contributed by atoms with van der Waals surface area (Å²) in [7, 11) is 0. The molecule has 29 heavy (non-hydrogen) atoms. The fraction of sp³-hybridized carbons (Fsp3) is 0.333. The summed E-state index contributed by atoms with van der Waals surface area (Å²) in [5.74, 6) is 0.120. The van der Waals surface area contributed by atoms with Gasteiger partial charge in [0.15, 0.2) is 5.75 Å². The molecule has 0 atom stereocenters. The Morgan fingerprint density at radius 1 is 1.10 bits per heavy atom. The lowest BCUT2D eigenvalue weighted by molar-refractivity contribution is -0.385. The van der Waals surface area contributed by atoms with Crippen molar-refractivity contribution in [1.82, 2.24) is 0 Å². The predicted molar refractivity (Wildman–Crippen MR) is 112 cm³/mol. The SMILES string of the molecule is Cc1cccc(C)c1NC(=O)ON=C(COc1ccccc1[N+](=O)[O-])C(C)(C)C. The van der Waals surface area contributed by atoms with Gasteiger partial charge in [-0.2, -0.15) is 0 Å². The van der Waals surface area contributed by atoms with Crippen LogP contribution in [0.2, 0.25) is 0 Å². The standard InChI is InChI=1S/C21H25N3O5/c1-14-9-8-10-15(2)19(14)22-20(25)29-23-18(21(3,4)5)13-28-17-12-7-6-11-16(17)24(26)27/h6-12H,13H2,1-5H3,(H,22,25). The molecule has 0 saturated heterocycles. The summed E-state index contributed by atoms with van der Waals surface area (Å²) >= 11 is 0. The average molecular weight is 399 g/mol. The minimum atomic E-state index is -0.727. The molecular weight excluding hydrogens is 374 g/mol. The second-order valence-electron chi connectivity index (χ2n) is 7.57. The minimum Gasteiger partial charge on any atom is -0.480 e. The Morgan fingerprint density at radius 3 is 2.31 bits per heavy atom. The van der Waals surface area contributed by atoms with E-state index >= 15 is 0 Å². The molecule has 2 aromatic rings. The molecule has 0 spiro atoms. The van der Waals surface area contributed by atoms with Crippen LogP contribution in [-0.4, -0.2) is 23.3 Å². The maximum atomic E-state index is 12.2. The van der Waals surface area contributed by atoms with E-state index in [-0.39, 0.29) is 18.0 Å². The normalized spacial score (nSPS) is 11.7. The molecule has 1 amide bonds. The Balaban J connectivity index is 2.11. The lowest BCUT2D eigenvalue weighted by Crippen LogP contribution is -2.28. The Labute approximate surface area is 169 Å². The largest absolute Gasteiger partial charge is 0.480 e. The first-order valence-corrected chi connectivity index (χ1v) is 9.07. The number of aryl methyl sites for hydroxylation is 2. The maximum absolute atomic E-state index is 12.2. The van der Waals surface area contributed by atoms with Gasteiger partial charge in [0.1, 0.15) is 12.3 Å². The molecule has 0 saturated carbocycles. The van der Waals surface area contributed by atoms with Gasteiger partial charge >= 0.3 is 11.8 Å². The number of nitrogens with zero attached hydrogens (tertiary/aromatic N) is 2. The molecule has 8 heteroatoms. The zero-order chi connectivity index (χ0) is 21.6. The van der Waals surface area contributed by atoms with Crippen molar-refractivity contribution >= 4 is 23.2 Å². The van der Waals surface area contributed by atoms with E-state index in [4.69, 9.17) is 9.57 Å². The van der Waals surface area contributed by atoms with Gasteiger partial charge in [-0.1, -0.05) is 56.3 Å². The van der Waals surface area contributed by atoms with Crippen molar-refractivity contribution in [3.8, 4) is 5.75 Å². The number of anilines is 1. The lowest BCUT2D eigenvalue weighted by atomic mass is 9.90. The van der Waals surface area contributed by atoms with E-state index in [9.17, 15) is 14.9 Å². The Bertz CT molecular complexity index is 912. The molecule has 0 aliphatic rings. The van der Waals surface area contributed by atoms with Gasteiger partial charge in [0.2, 0.25) is 0 Å².